The fourth-order valence-corrected chi connectivity index (χ4v) is 2.41. The van der Waals surface area contributed by atoms with Gasteiger partial charge in [-0.2, -0.15) is 0 Å². The minimum atomic E-state index is -4.71. The summed E-state index contributed by atoms with van der Waals surface area (Å²) >= 11 is -4.71. The molecule has 0 saturated carbocycles. The second kappa shape index (κ2) is 5.56. The normalized spacial score (nSPS) is 14.2. The Hall–Kier alpha value is -2.07. The molecule has 0 bridgehead atoms. The van der Waals surface area contributed by atoms with Crippen molar-refractivity contribution in [2.75, 3.05) is 0 Å². The third-order valence-corrected chi connectivity index (χ3v) is 4.78. The first-order chi connectivity index (χ1) is 6.24. The van der Waals surface area contributed by atoms with Crippen LogP contribution in [0.5, 0.6) is 0 Å². The third kappa shape index (κ3) is 3.22. The SMILES string of the molecule is [N-]=[N+]=[N][W]([N]=[N+]=[N-])([N]=[N+]=[N-])[N]=[N+]=[N-]. The van der Waals surface area contributed by atoms with E-state index in [4.69, 9.17) is 22.1 Å². The van der Waals surface area contributed by atoms with Crippen molar-refractivity contribution in [3.8, 4) is 0 Å². The molecule has 0 saturated heterocycles. The molecule has 0 aromatic rings. The van der Waals surface area contributed by atoms with E-state index in [1.54, 1.807) is 0 Å². The van der Waals surface area contributed by atoms with Gasteiger partial charge in [-0.3, -0.25) is 0 Å². The van der Waals surface area contributed by atoms with E-state index < -0.39 is 17.1 Å². The van der Waals surface area contributed by atoms with Gasteiger partial charge in [-0.15, -0.1) is 0 Å². The van der Waals surface area contributed by atoms with E-state index in [0.29, 0.717) is 0 Å². The molecule has 0 aromatic heterocycles. The van der Waals surface area contributed by atoms with E-state index in [9.17, 15) is 0 Å². The predicted octanol–water partition coefficient (Wildman–Crippen LogP) is 3.04. The van der Waals surface area contributed by atoms with Gasteiger partial charge in [-0.1, -0.05) is 0 Å². The van der Waals surface area contributed by atoms with Crippen LogP contribution in [0.1, 0.15) is 0 Å². The molecule has 0 aliphatic carbocycles. The molecule has 0 atom stereocenters. The van der Waals surface area contributed by atoms with Gasteiger partial charge in [0.05, 0.1) is 0 Å². The molecule has 0 radical (unpaired) electrons. The zero-order valence-corrected chi connectivity index (χ0v) is 8.71. The maximum atomic E-state index is 8.04. The molecular weight excluding hydrogens is 352 g/mol. The average molecular weight is 352 g/mol. The number of hydrogen-bond acceptors (Lipinski definition) is 4. The molecule has 0 fully saturated rings. The van der Waals surface area contributed by atoms with Crippen molar-refractivity contribution in [1.29, 1.82) is 0 Å². The summed E-state index contributed by atoms with van der Waals surface area (Å²) in [6.07, 6.45) is 0. The first-order valence-electron chi connectivity index (χ1n) is 2.33. The van der Waals surface area contributed by atoms with Crippen molar-refractivity contribution in [2.45, 2.75) is 0 Å². The monoisotopic (exact) mass is 352 g/mol. The summed E-state index contributed by atoms with van der Waals surface area (Å²) in [5, 5.41) is 0. The molecule has 12 nitrogen and oxygen atoms in total. The van der Waals surface area contributed by atoms with Crippen LogP contribution in [-0.4, -0.2) is 0 Å². The molecule has 0 aliphatic heterocycles. The topological polar surface area (TPSA) is 195 Å². The van der Waals surface area contributed by atoms with E-state index in [1.165, 1.54) is 0 Å². The Morgan fingerprint density at radius 2 is 0.846 bits per heavy atom. The van der Waals surface area contributed by atoms with Crippen LogP contribution in [0, 0.1) is 0 Å². The van der Waals surface area contributed by atoms with Gasteiger partial charge in [0.25, 0.3) is 0 Å². The average Bonchev–Trinajstić information content (AvgIpc) is 2.06. The van der Waals surface area contributed by atoms with Crippen LogP contribution in [-0.2, 0) is 17.1 Å². The molecule has 66 valence electrons. The first kappa shape index (κ1) is 10.9. The van der Waals surface area contributed by atoms with Gasteiger partial charge in [-0.25, -0.2) is 0 Å². The molecule has 0 amide bonds. The van der Waals surface area contributed by atoms with Gasteiger partial charge in [0, 0.05) is 0 Å². The molecule has 13 heteroatoms. The van der Waals surface area contributed by atoms with Crippen LogP contribution in [0.3, 0.4) is 0 Å². The summed E-state index contributed by atoms with van der Waals surface area (Å²) in [7, 11) is 0. The van der Waals surface area contributed by atoms with Crippen molar-refractivity contribution in [3.05, 3.63) is 41.8 Å². The summed E-state index contributed by atoms with van der Waals surface area (Å²) in [6.45, 7) is 0. The number of nitrogens with zero attached hydrogens (tertiary/aromatic N) is 12. The summed E-state index contributed by atoms with van der Waals surface area (Å²) in [5.74, 6) is 0. The van der Waals surface area contributed by atoms with Crippen LogP contribution < -0.4 is 0 Å². The number of rotatable bonds is 4. The van der Waals surface area contributed by atoms with Crippen LogP contribution in [0.25, 0.3) is 41.8 Å². The van der Waals surface area contributed by atoms with E-state index in [-0.39, 0.29) is 0 Å². The Kier molecular flexibility index (Phi) is 4.68. The van der Waals surface area contributed by atoms with Gasteiger partial charge in [0.1, 0.15) is 0 Å². The Labute approximate surface area is 74.0 Å². The van der Waals surface area contributed by atoms with Crippen LogP contribution in [0.2, 0.25) is 0 Å². The van der Waals surface area contributed by atoms with E-state index in [0.717, 1.165) is 0 Å². The van der Waals surface area contributed by atoms with Gasteiger partial charge in [0.15, 0.2) is 0 Å². The molecule has 0 spiro atoms. The summed E-state index contributed by atoms with van der Waals surface area (Å²) < 4.78 is 11.8. The fraction of sp³-hybridized carbons (Fsp3) is 0. The molecule has 0 heterocycles. The van der Waals surface area contributed by atoms with Gasteiger partial charge < -0.3 is 0 Å². The Morgan fingerprint density at radius 1 is 0.615 bits per heavy atom. The van der Waals surface area contributed by atoms with E-state index in [2.05, 4.69) is 34.3 Å². The molecule has 13 heavy (non-hydrogen) atoms. The zero-order valence-electron chi connectivity index (χ0n) is 5.77. The van der Waals surface area contributed by atoms with Gasteiger partial charge in [0.2, 0.25) is 0 Å². The van der Waals surface area contributed by atoms with Crippen LogP contribution >= 0.6 is 0 Å². The molecule has 0 rings (SSSR count). The van der Waals surface area contributed by atoms with Gasteiger partial charge >= 0.3 is 73.5 Å². The number of azide groups is 1. The van der Waals surface area contributed by atoms with Crippen LogP contribution in [0.15, 0.2) is 14.7 Å². The molecule has 0 N–H and O–H groups in total. The Bertz CT molecular complexity index is 284. The third-order valence-electron chi connectivity index (χ3n) is 0.584. The number of hydrogen-bond donors (Lipinski definition) is 0. The molecule has 0 unspecified atom stereocenters. The second-order valence-corrected chi connectivity index (χ2v) is 7.04. The maximum absolute atomic E-state index is 8.04. The van der Waals surface area contributed by atoms with Crippen molar-refractivity contribution < 1.29 is 17.1 Å². The predicted molar refractivity (Wildman–Crippen MR) is 36.6 cm³/mol. The summed E-state index contributed by atoms with van der Waals surface area (Å²) in [6, 6.07) is 0. The van der Waals surface area contributed by atoms with Gasteiger partial charge in [-0.05, 0) is 0 Å². The fourth-order valence-electron chi connectivity index (χ4n) is 0.294. The van der Waals surface area contributed by atoms with E-state index >= 15 is 0 Å². The summed E-state index contributed by atoms with van der Waals surface area (Å²) in [5.41, 5.74) is 32.2. The zero-order chi connectivity index (χ0) is 10.2. The Balaban J connectivity index is 5.52. The first-order valence-corrected chi connectivity index (χ1v) is 7.58. The second-order valence-electron chi connectivity index (χ2n) is 1.17. The quantitative estimate of drug-likeness (QED) is 0.408. The van der Waals surface area contributed by atoms with Crippen molar-refractivity contribution in [1.82, 2.24) is 0 Å². The minimum absolute atomic E-state index is 2.29. The standard InChI is InChI=1S/4N3.W/c4*1-3-2;/q4*-1;+4. The van der Waals surface area contributed by atoms with Crippen LogP contribution in [0.4, 0.5) is 0 Å². The Morgan fingerprint density at radius 3 is 1.00 bits per heavy atom. The van der Waals surface area contributed by atoms with E-state index in [1.807, 2.05) is 0 Å². The van der Waals surface area contributed by atoms with Crippen molar-refractivity contribution in [3.63, 3.8) is 0 Å². The van der Waals surface area contributed by atoms with Crippen molar-refractivity contribution in [2.24, 2.45) is 14.7 Å². The molecule has 0 aromatic carbocycles. The molecular formula is N12W. The summed E-state index contributed by atoms with van der Waals surface area (Å²) in [4.78, 5) is 9.15. The molecule has 0 aliphatic rings. The van der Waals surface area contributed by atoms with Crippen molar-refractivity contribution >= 4 is 0 Å².